The van der Waals surface area contributed by atoms with Crippen LogP contribution in [0.5, 0.6) is 11.5 Å². The van der Waals surface area contributed by atoms with Crippen molar-refractivity contribution in [2.45, 2.75) is 158 Å². The van der Waals surface area contributed by atoms with Crippen LogP contribution in [0.15, 0.2) is 224 Å². The maximum Gasteiger partial charge on any atom is 0.409 e. The van der Waals surface area contributed by atoms with E-state index in [4.69, 9.17) is 81.2 Å². The van der Waals surface area contributed by atoms with Crippen LogP contribution < -0.4 is 36.5 Å². The molecule has 6 heterocycles. The Balaban J connectivity index is 0.600. The molecule has 10 unspecified atom stereocenters. The predicted octanol–water partition coefficient (Wildman–Crippen LogP) is 14.8. The minimum Gasteiger partial charge on any atom is -0.497 e. The maximum absolute atomic E-state index is 14.2. The monoisotopic (exact) mass is 1950 g/mol. The highest BCUT2D eigenvalue weighted by molar-refractivity contribution is 7.44. The molecule has 0 saturated carbocycles. The van der Waals surface area contributed by atoms with E-state index in [-0.39, 0.29) is 168 Å². The molecular formula is C102H116N16O20P2. The molecule has 11 aromatic rings. The Hall–Kier alpha value is -12.6. The van der Waals surface area contributed by atoms with Gasteiger partial charge in [-0.1, -0.05) is 164 Å². The molecule has 5 aliphatic rings. The number of benzene rings is 8. The summed E-state index contributed by atoms with van der Waals surface area (Å²) in [7, 11) is 2.13. The molecule has 734 valence electrons. The number of aliphatic hydroxyl groups is 2. The third-order valence-electron chi connectivity index (χ3n) is 25.0. The van der Waals surface area contributed by atoms with E-state index in [1.807, 2.05) is 155 Å². The Bertz CT molecular complexity index is 6010. The van der Waals surface area contributed by atoms with E-state index < -0.39 is 109 Å². The lowest BCUT2D eigenvalue weighted by molar-refractivity contribution is -0.142. The van der Waals surface area contributed by atoms with Crippen molar-refractivity contribution in [3.05, 3.63) is 275 Å². The number of anilines is 1. The second-order valence-electron chi connectivity index (χ2n) is 34.9. The van der Waals surface area contributed by atoms with Gasteiger partial charge in [0, 0.05) is 89.0 Å². The number of aliphatic imine (C=N–C) groups is 1. The van der Waals surface area contributed by atoms with E-state index >= 15 is 0 Å². The van der Waals surface area contributed by atoms with E-state index in [0.717, 1.165) is 61.2 Å². The largest absolute Gasteiger partial charge is 0.497 e. The normalized spacial score (nSPS) is 18.1. The molecule has 3 aliphatic heterocycles. The number of nitrogens with two attached hydrogens (primary N) is 1. The number of amides is 5. The molecule has 3 aromatic heterocycles. The molecule has 10 atom stereocenters. The Morgan fingerprint density at radius 2 is 1.16 bits per heavy atom. The van der Waals surface area contributed by atoms with Crippen LogP contribution in [0.4, 0.5) is 21.2 Å². The van der Waals surface area contributed by atoms with Gasteiger partial charge in [0.1, 0.15) is 73.6 Å². The first kappa shape index (κ1) is 100. The number of hydrogen-bond acceptors (Lipinski definition) is 29. The molecule has 140 heavy (non-hydrogen) atoms. The number of carbonyl (C=O) groups excluding carboxylic acids is 5. The summed E-state index contributed by atoms with van der Waals surface area (Å²) >= 11 is 0. The molecule has 0 radical (unpaired) electrons. The number of nitrogens with zero attached hydrogens (tertiary/aromatic N) is 11. The molecule has 16 rings (SSSR count). The zero-order chi connectivity index (χ0) is 97.9. The first-order chi connectivity index (χ1) is 68.1. The number of hydrogen-bond donors (Lipinski definition) is 7. The summed E-state index contributed by atoms with van der Waals surface area (Å²) in [6.45, 7) is 8.50. The summed E-state index contributed by atoms with van der Waals surface area (Å²) < 4.78 is 90.0. The fourth-order valence-corrected chi connectivity index (χ4v) is 21.0. The fraction of sp³-hybridized carbons (Fsp3) is 0.382. The van der Waals surface area contributed by atoms with E-state index in [1.54, 1.807) is 61.7 Å². The third kappa shape index (κ3) is 23.5. The topological polar surface area (TPSA) is 427 Å². The van der Waals surface area contributed by atoms with Crippen molar-refractivity contribution in [2.24, 2.45) is 10.7 Å². The minimum atomic E-state index is -2.48. The second-order valence-corrected chi connectivity index (χ2v) is 37.5. The van der Waals surface area contributed by atoms with Gasteiger partial charge in [0.2, 0.25) is 17.8 Å². The number of methoxy groups -OCH3 is 2. The van der Waals surface area contributed by atoms with Crippen LogP contribution in [0.1, 0.15) is 164 Å². The summed E-state index contributed by atoms with van der Waals surface area (Å²) in [5, 5.41) is 43.7. The van der Waals surface area contributed by atoms with Crippen molar-refractivity contribution < 1.29 is 94.7 Å². The quantitative estimate of drug-likeness (QED) is 0.00806. The van der Waals surface area contributed by atoms with Gasteiger partial charge >= 0.3 is 20.8 Å². The molecule has 2 fully saturated rings. The highest BCUT2D eigenvalue weighted by Crippen LogP contribution is 2.54. The Morgan fingerprint density at radius 1 is 0.614 bits per heavy atom. The maximum atomic E-state index is 14.2. The molecule has 0 spiro atoms. The van der Waals surface area contributed by atoms with E-state index in [0.29, 0.717) is 23.5 Å². The van der Waals surface area contributed by atoms with Crippen LogP contribution in [0.25, 0.3) is 33.4 Å². The predicted molar refractivity (Wildman–Crippen MR) is 521 cm³/mol. The number of imidazole rings is 2. The Morgan fingerprint density at radius 3 is 1.73 bits per heavy atom. The molecule has 38 heteroatoms. The van der Waals surface area contributed by atoms with Crippen molar-refractivity contribution in [1.29, 1.82) is 5.26 Å². The van der Waals surface area contributed by atoms with Gasteiger partial charge in [-0.2, -0.15) is 10.3 Å². The van der Waals surface area contributed by atoms with E-state index in [2.05, 4.69) is 90.5 Å². The molecule has 2 saturated heterocycles. The standard InChI is InChI=1S/C102H116N16O20P2/c1-64(2)118(65(3)4)139(132-52-48-104)137-83-53-90(117-63-109-93-96(117)112-99(113-98(93)123)110-87(119)33-20-49-114(5)100(124)129-56-81-77-29-16-12-25-73(77)74-26-13-17-30-78(74)81)136-86(83)59-134-140(133-51-22-47-103)138-84-54-89(135-85(84)58-131-102(68-23-10-9-11-24-68,69-39-43-71(126-7)44-40-69)70-41-45-72(127-8)46-42-70)116-62-108-92-94(106-61-107-95(92)116)111-97(122)67-37-35-66(36-38-67)55-105-88(120)60-128-91(121)34-21-50-115(6)101(125)130-57-82-79-31-18-14-27-75(79)76-28-15-19-32-80(76)82/h9-19,23-32,35-46,61-65,81-86,89-91,98,121,123H,20-22,33-34,48-60,104H2,1-8H3,(H,105,120)(H,106,107,111,122)(H2,110,112,113,119). The number of nitriles is 1. The van der Waals surface area contributed by atoms with Gasteiger partial charge in [0.25, 0.3) is 14.4 Å². The number of rotatable bonds is 45. The lowest BCUT2D eigenvalue weighted by atomic mass is 9.80. The number of nitrogens with one attached hydrogen (secondary N) is 4. The van der Waals surface area contributed by atoms with Crippen molar-refractivity contribution in [1.82, 2.24) is 59.5 Å². The summed E-state index contributed by atoms with van der Waals surface area (Å²) in [5.41, 5.74) is 17.5. The van der Waals surface area contributed by atoms with Gasteiger partial charge < -0.3 is 102 Å². The summed E-state index contributed by atoms with van der Waals surface area (Å²) in [4.78, 5) is 93.8. The van der Waals surface area contributed by atoms with Crippen molar-refractivity contribution in [3.8, 4) is 39.8 Å². The average Bonchev–Trinajstić information content (AvgIpc) is 1.10. The van der Waals surface area contributed by atoms with Gasteiger partial charge in [-0.05, 0) is 150 Å². The summed E-state index contributed by atoms with van der Waals surface area (Å²) in [5.74, 6) is -0.209. The number of aliphatic hydroxyl groups excluding tert-OH is 2. The van der Waals surface area contributed by atoms with Gasteiger partial charge in [-0.25, -0.2) is 34.2 Å². The van der Waals surface area contributed by atoms with E-state index in [1.165, 1.54) is 28.8 Å². The van der Waals surface area contributed by atoms with Gasteiger partial charge in [0.15, 0.2) is 35.3 Å². The van der Waals surface area contributed by atoms with Gasteiger partial charge in [0.05, 0.1) is 78.0 Å². The number of aromatic nitrogens is 6. The van der Waals surface area contributed by atoms with Crippen LogP contribution >= 0.6 is 17.1 Å². The van der Waals surface area contributed by atoms with Gasteiger partial charge in [-0.3, -0.25) is 28.8 Å². The molecule has 8 N–H and O–H groups in total. The molecule has 2 aliphatic carbocycles. The van der Waals surface area contributed by atoms with Crippen LogP contribution in [-0.2, 0) is 72.8 Å². The highest BCUT2D eigenvalue weighted by atomic mass is 31.2. The first-order valence-electron chi connectivity index (χ1n) is 46.7. The van der Waals surface area contributed by atoms with E-state index in [9.17, 15) is 39.4 Å². The number of carbonyl (C=O) groups is 5. The minimum absolute atomic E-state index is 0.0159. The number of ether oxygens (including phenoxy) is 8. The Labute approximate surface area is 814 Å². The molecule has 8 aromatic carbocycles. The van der Waals surface area contributed by atoms with Gasteiger partial charge in [-0.15, -0.1) is 0 Å². The molecule has 0 bridgehead atoms. The van der Waals surface area contributed by atoms with Crippen LogP contribution in [0.3, 0.4) is 0 Å². The van der Waals surface area contributed by atoms with Crippen molar-refractivity contribution >= 4 is 75.8 Å². The SMILES string of the molecule is COc1ccc(C(OCC2OC(n3cnc4c(NC(=O)c5ccc(CNC(=O)COC(O)CCCN(C)C(=O)OCC6c7ccccc7-c7ccccc76)cc5)ncnc43)CC2OP(OCCC#N)OCC2OC(n3cnc4c3N=C(NC(=O)CCCN(C)C(=O)OCC3c5ccccc5-c5ccccc53)NC4O)CC2OP(OCCN)N(C(C)C)C(C)C)(c2ccccc2)c2ccc(OC)cc2)cc1. The Kier molecular flexibility index (Phi) is 33.8. The van der Waals surface area contributed by atoms with Crippen molar-refractivity contribution in [3.63, 3.8) is 0 Å². The highest BCUT2D eigenvalue weighted by Gasteiger charge is 2.48. The molecule has 36 nitrogen and oxygen atoms in total. The molecule has 5 amide bonds. The summed E-state index contributed by atoms with van der Waals surface area (Å²) in [6, 6.07) is 66.1. The summed E-state index contributed by atoms with van der Waals surface area (Å²) in [6.07, 6.45) is -3.85. The van der Waals surface area contributed by atoms with Crippen LogP contribution in [0.2, 0.25) is 0 Å². The lowest BCUT2D eigenvalue weighted by Gasteiger charge is -2.37. The first-order valence-corrected chi connectivity index (χ1v) is 48.9. The van der Waals surface area contributed by atoms with Crippen molar-refractivity contribution in [2.75, 3.05) is 99.5 Å². The fourth-order valence-electron chi connectivity index (χ4n) is 18.1. The third-order valence-corrected chi connectivity index (χ3v) is 28.4. The molecular weight excluding hydrogens is 1830 g/mol. The second kappa shape index (κ2) is 47.1. The van der Waals surface area contributed by atoms with Crippen LogP contribution in [0, 0.1) is 11.3 Å². The lowest BCUT2D eigenvalue weighted by Crippen LogP contribution is -2.44. The smallest absolute Gasteiger partial charge is 0.409 e. The average molecular weight is 1950 g/mol. The number of guanidine groups is 1. The number of fused-ring (bicyclic) bond motifs is 8. The zero-order valence-corrected chi connectivity index (χ0v) is 80.9. The zero-order valence-electron chi connectivity index (χ0n) is 79.1. The van der Waals surface area contributed by atoms with Crippen LogP contribution in [-0.4, -0.2) is 227 Å².